The van der Waals surface area contributed by atoms with Gasteiger partial charge in [0.15, 0.2) is 0 Å². The van der Waals surface area contributed by atoms with Gasteiger partial charge >= 0.3 is 0 Å². The second kappa shape index (κ2) is 7.26. The summed E-state index contributed by atoms with van der Waals surface area (Å²) in [6.07, 6.45) is 6.50. The van der Waals surface area contributed by atoms with Gasteiger partial charge in [-0.2, -0.15) is 0 Å². The van der Waals surface area contributed by atoms with Crippen molar-refractivity contribution in [3.8, 4) is 5.75 Å². The zero-order chi connectivity index (χ0) is 17.2. The van der Waals surface area contributed by atoms with Crippen LogP contribution in [-0.2, 0) is 10.2 Å². The third kappa shape index (κ3) is 3.66. The highest BCUT2D eigenvalue weighted by Gasteiger charge is 2.38. The average Bonchev–Trinajstić information content (AvgIpc) is 3.10. The van der Waals surface area contributed by atoms with Crippen molar-refractivity contribution in [3.05, 3.63) is 29.8 Å². The molecule has 3 rings (SSSR count). The molecule has 1 aromatic rings. The number of benzene rings is 1. The predicted molar refractivity (Wildman–Crippen MR) is 97.3 cm³/mol. The molecule has 0 aromatic heterocycles. The molecule has 0 unspecified atom stereocenters. The molecule has 0 bridgehead atoms. The number of phenolic OH excluding ortho intramolecular Hbond substituents is 1. The summed E-state index contributed by atoms with van der Waals surface area (Å²) in [5, 5.41) is 9.80. The lowest BCUT2D eigenvalue weighted by Crippen LogP contribution is -2.47. The van der Waals surface area contributed by atoms with Gasteiger partial charge in [-0.1, -0.05) is 38.8 Å². The number of phenols is 1. The molecule has 2 atom stereocenters. The molecule has 1 aliphatic heterocycles. The molecule has 1 aliphatic carbocycles. The number of nitrogens with zero attached hydrogens (tertiary/aromatic N) is 1. The zero-order valence-electron chi connectivity index (χ0n) is 15.1. The Balaban J connectivity index is 1.55. The van der Waals surface area contributed by atoms with Gasteiger partial charge in [0.25, 0.3) is 0 Å². The molecule has 3 heteroatoms. The quantitative estimate of drug-likeness (QED) is 0.882. The number of Topliss-reactive ketones (excluding diaryl/α,β-unsaturated/α-hetero) is 1. The van der Waals surface area contributed by atoms with Crippen molar-refractivity contribution in [3.63, 3.8) is 0 Å². The summed E-state index contributed by atoms with van der Waals surface area (Å²) in [4.78, 5) is 14.8. The van der Waals surface area contributed by atoms with Gasteiger partial charge in [-0.05, 0) is 54.8 Å². The van der Waals surface area contributed by atoms with E-state index in [1.807, 2.05) is 12.1 Å². The van der Waals surface area contributed by atoms with Gasteiger partial charge in [0.2, 0.25) is 0 Å². The van der Waals surface area contributed by atoms with E-state index >= 15 is 0 Å². The summed E-state index contributed by atoms with van der Waals surface area (Å²) in [7, 11) is 0. The smallest absolute Gasteiger partial charge is 0.137 e. The van der Waals surface area contributed by atoms with E-state index in [9.17, 15) is 9.90 Å². The molecule has 0 spiro atoms. The highest BCUT2D eigenvalue weighted by Crippen LogP contribution is 2.40. The highest BCUT2D eigenvalue weighted by molar-refractivity contribution is 5.81. The molecule has 1 saturated carbocycles. The van der Waals surface area contributed by atoms with Crippen LogP contribution in [0.1, 0.15) is 57.9 Å². The minimum absolute atomic E-state index is 0.102. The summed E-state index contributed by atoms with van der Waals surface area (Å²) in [6.45, 7) is 7.59. The lowest BCUT2D eigenvalue weighted by Gasteiger charge is -2.45. The zero-order valence-corrected chi connectivity index (χ0v) is 15.1. The van der Waals surface area contributed by atoms with Crippen molar-refractivity contribution >= 4 is 5.78 Å². The lowest BCUT2D eigenvalue weighted by molar-refractivity contribution is -0.123. The second-order valence-corrected chi connectivity index (χ2v) is 8.12. The number of carbonyl (C=O) groups excluding carboxylic acids is 1. The minimum atomic E-state index is 0.102. The topological polar surface area (TPSA) is 40.5 Å². The van der Waals surface area contributed by atoms with Crippen molar-refractivity contribution in [2.24, 2.45) is 11.8 Å². The fourth-order valence-corrected chi connectivity index (χ4v) is 4.53. The van der Waals surface area contributed by atoms with Crippen LogP contribution in [0.15, 0.2) is 24.3 Å². The Morgan fingerprint density at radius 1 is 1.33 bits per heavy atom. The lowest BCUT2D eigenvalue weighted by atomic mass is 9.68. The fraction of sp³-hybridized carbons (Fsp3) is 0.667. The van der Waals surface area contributed by atoms with Crippen molar-refractivity contribution in [1.29, 1.82) is 0 Å². The molecule has 1 saturated heterocycles. The van der Waals surface area contributed by atoms with Gasteiger partial charge in [0.1, 0.15) is 11.5 Å². The summed E-state index contributed by atoms with van der Waals surface area (Å²) in [5.41, 5.74) is 1.33. The number of piperidine rings is 1. The minimum Gasteiger partial charge on any atom is -0.508 e. The summed E-state index contributed by atoms with van der Waals surface area (Å²) >= 11 is 0. The number of likely N-dealkylation sites (tertiary alicyclic amines) is 1. The Morgan fingerprint density at radius 2 is 2.08 bits per heavy atom. The van der Waals surface area contributed by atoms with Crippen LogP contribution in [-0.4, -0.2) is 35.4 Å². The monoisotopic (exact) mass is 329 g/mol. The highest BCUT2D eigenvalue weighted by atomic mass is 16.3. The number of carbonyl (C=O) groups is 1. The van der Waals surface area contributed by atoms with Crippen LogP contribution in [0.4, 0.5) is 0 Å². The third-order valence-corrected chi connectivity index (χ3v) is 6.56. The Morgan fingerprint density at radius 3 is 2.75 bits per heavy atom. The number of rotatable bonds is 5. The van der Waals surface area contributed by atoms with Crippen LogP contribution in [0.2, 0.25) is 0 Å². The molecular weight excluding hydrogens is 298 g/mol. The molecule has 1 N–H and O–H groups in total. The van der Waals surface area contributed by atoms with Crippen LogP contribution < -0.4 is 0 Å². The maximum Gasteiger partial charge on any atom is 0.137 e. The van der Waals surface area contributed by atoms with Gasteiger partial charge in [-0.3, -0.25) is 4.79 Å². The summed E-state index contributed by atoms with van der Waals surface area (Å²) in [6, 6.07) is 7.72. The van der Waals surface area contributed by atoms with Gasteiger partial charge < -0.3 is 10.0 Å². The molecule has 2 fully saturated rings. The maximum absolute atomic E-state index is 12.3. The first-order chi connectivity index (χ1) is 11.5. The SMILES string of the molecule is C[C@H]1CN(CCC(=O)C2CCCC2)CC[C@@]1(C)c1cccc(O)c1. The molecule has 1 heterocycles. The van der Waals surface area contributed by atoms with E-state index in [1.165, 1.54) is 18.4 Å². The molecule has 0 amide bonds. The third-order valence-electron chi connectivity index (χ3n) is 6.56. The molecule has 3 nitrogen and oxygen atoms in total. The molecule has 2 aliphatic rings. The van der Waals surface area contributed by atoms with Gasteiger partial charge in [-0.25, -0.2) is 0 Å². The summed E-state index contributed by atoms with van der Waals surface area (Å²) in [5.74, 6) is 1.70. The van der Waals surface area contributed by atoms with E-state index in [2.05, 4.69) is 24.8 Å². The molecule has 0 radical (unpaired) electrons. The van der Waals surface area contributed by atoms with E-state index in [0.29, 0.717) is 23.4 Å². The Kier molecular flexibility index (Phi) is 5.29. The van der Waals surface area contributed by atoms with Crippen LogP contribution in [0.3, 0.4) is 0 Å². The largest absolute Gasteiger partial charge is 0.508 e. The first-order valence-corrected chi connectivity index (χ1v) is 9.53. The first kappa shape index (κ1) is 17.5. The fourth-order valence-electron chi connectivity index (χ4n) is 4.53. The van der Waals surface area contributed by atoms with Crippen LogP contribution >= 0.6 is 0 Å². The standard InChI is InChI=1S/C21H31NO2/c1-16-15-22(12-10-20(24)17-6-3-4-7-17)13-11-21(16,2)18-8-5-9-19(23)14-18/h5,8-9,14,16-17,23H,3-4,6-7,10-13,15H2,1-2H3/t16-,21+/m0/s1. The number of ketones is 1. The Bertz CT molecular complexity index is 579. The molecule has 1 aromatic carbocycles. The van der Waals surface area contributed by atoms with Crippen molar-refractivity contribution in [1.82, 2.24) is 4.90 Å². The normalized spacial score (nSPS) is 29.0. The second-order valence-electron chi connectivity index (χ2n) is 8.12. The molecule has 132 valence electrons. The predicted octanol–water partition coefficient (Wildman–Crippen LogP) is 4.14. The average molecular weight is 329 g/mol. The Hall–Kier alpha value is -1.35. The maximum atomic E-state index is 12.3. The van der Waals surface area contributed by atoms with E-state index in [-0.39, 0.29) is 5.41 Å². The van der Waals surface area contributed by atoms with E-state index in [4.69, 9.17) is 0 Å². The Labute approximate surface area is 146 Å². The first-order valence-electron chi connectivity index (χ1n) is 9.53. The van der Waals surface area contributed by atoms with E-state index < -0.39 is 0 Å². The van der Waals surface area contributed by atoms with Gasteiger partial charge in [0.05, 0.1) is 0 Å². The van der Waals surface area contributed by atoms with Crippen LogP contribution in [0.5, 0.6) is 5.75 Å². The number of aromatic hydroxyl groups is 1. The van der Waals surface area contributed by atoms with Crippen LogP contribution in [0, 0.1) is 11.8 Å². The number of hydrogen-bond donors (Lipinski definition) is 1. The van der Waals surface area contributed by atoms with Crippen molar-refractivity contribution < 1.29 is 9.90 Å². The number of hydrogen-bond acceptors (Lipinski definition) is 3. The van der Waals surface area contributed by atoms with Gasteiger partial charge in [0, 0.05) is 25.4 Å². The van der Waals surface area contributed by atoms with E-state index in [1.54, 1.807) is 6.07 Å². The van der Waals surface area contributed by atoms with Crippen molar-refractivity contribution in [2.75, 3.05) is 19.6 Å². The van der Waals surface area contributed by atoms with Crippen molar-refractivity contribution in [2.45, 2.75) is 57.8 Å². The van der Waals surface area contributed by atoms with E-state index in [0.717, 1.165) is 45.3 Å². The molecular formula is C21H31NO2. The van der Waals surface area contributed by atoms with Crippen LogP contribution in [0.25, 0.3) is 0 Å². The van der Waals surface area contributed by atoms with Gasteiger partial charge in [-0.15, -0.1) is 0 Å². The summed E-state index contributed by atoms with van der Waals surface area (Å²) < 4.78 is 0. The molecule has 24 heavy (non-hydrogen) atoms.